The first-order chi connectivity index (χ1) is 14.0. The maximum absolute atomic E-state index is 4.80. The van der Waals surface area contributed by atoms with Gasteiger partial charge >= 0.3 is 0 Å². The Morgan fingerprint density at radius 1 is 1.31 bits per heavy atom. The number of rotatable bonds is 6. The lowest BCUT2D eigenvalue weighted by atomic mass is 9.87. The van der Waals surface area contributed by atoms with Crippen molar-refractivity contribution < 1.29 is 0 Å². The van der Waals surface area contributed by atoms with E-state index >= 15 is 0 Å². The van der Waals surface area contributed by atoms with Crippen molar-refractivity contribution in [3.8, 4) is 0 Å². The highest BCUT2D eigenvalue weighted by Gasteiger charge is 2.20. The van der Waals surface area contributed by atoms with Crippen LogP contribution in [-0.4, -0.2) is 24.1 Å². The maximum Gasteiger partial charge on any atom is 0.131 e. The molecule has 2 aliphatic rings. The van der Waals surface area contributed by atoms with Crippen molar-refractivity contribution in [2.75, 3.05) is 7.05 Å². The Bertz CT molecular complexity index is 984. The number of fused-ring (bicyclic) bond motifs is 1. The van der Waals surface area contributed by atoms with E-state index in [1.54, 1.807) is 0 Å². The highest BCUT2D eigenvalue weighted by molar-refractivity contribution is 6.09. The van der Waals surface area contributed by atoms with Gasteiger partial charge in [-0.25, -0.2) is 9.98 Å². The van der Waals surface area contributed by atoms with E-state index in [0.717, 1.165) is 65.2 Å². The maximum atomic E-state index is 4.80. The molecule has 0 spiro atoms. The van der Waals surface area contributed by atoms with E-state index in [9.17, 15) is 0 Å². The van der Waals surface area contributed by atoms with Crippen LogP contribution in [0.1, 0.15) is 56.9 Å². The number of aromatic nitrogens is 1. The molecule has 0 saturated heterocycles. The van der Waals surface area contributed by atoms with Crippen molar-refractivity contribution in [1.29, 1.82) is 0 Å². The average molecular weight is 387 g/mol. The second-order valence-electron chi connectivity index (χ2n) is 7.37. The van der Waals surface area contributed by atoms with Crippen LogP contribution in [0.2, 0.25) is 0 Å². The fourth-order valence-corrected chi connectivity index (χ4v) is 3.67. The van der Waals surface area contributed by atoms with E-state index in [1.807, 2.05) is 38.7 Å². The molecule has 1 aliphatic heterocycles. The molecule has 1 aliphatic carbocycles. The van der Waals surface area contributed by atoms with Crippen molar-refractivity contribution in [2.45, 2.75) is 46.5 Å². The molecule has 0 fully saturated rings. The number of nitrogens with zero attached hydrogens (tertiary/aromatic N) is 3. The Balaban J connectivity index is 1.95. The SMILES string of the molecule is C=C(C)/C(=C(/C)NC)c1cnc2c(c1)C(C1=CCC(=N/C=C\CC)N=C1)=CCC2. The van der Waals surface area contributed by atoms with Gasteiger partial charge in [0, 0.05) is 60.2 Å². The number of aryl methyl sites for hydroxylation is 1. The largest absolute Gasteiger partial charge is 0.391 e. The van der Waals surface area contributed by atoms with Crippen LogP contribution in [0.15, 0.2) is 70.1 Å². The van der Waals surface area contributed by atoms with Crippen molar-refractivity contribution in [3.05, 3.63) is 76.9 Å². The fraction of sp³-hybridized carbons (Fsp3) is 0.320. The first-order valence-corrected chi connectivity index (χ1v) is 10.3. The van der Waals surface area contributed by atoms with Crippen molar-refractivity contribution in [1.82, 2.24) is 10.3 Å². The molecule has 0 saturated carbocycles. The zero-order valence-electron chi connectivity index (χ0n) is 17.9. The highest BCUT2D eigenvalue weighted by Crippen LogP contribution is 2.34. The van der Waals surface area contributed by atoms with Crippen LogP contribution in [0.5, 0.6) is 0 Å². The quantitative estimate of drug-likeness (QED) is 0.641. The molecule has 29 heavy (non-hydrogen) atoms. The van der Waals surface area contributed by atoms with Gasteiger partial charge in [0.05, 0.1) is 0 Å². The van der Waals surface area contributed by atoms with Crippen molar-refractivity contribution in [2.24, 2.45) is 9.98 Å². The molecule has 1 N–H and O–H groups in total. The third-order valence-corrected chi connectivity index (χ3v) is 5.19. The summed E-state index contributed by atoms with van der Waals surface area (Å²) in [5.41, 5.74) is 9.05. The molecule has 1 aromatic heterocycles. The van der Waals surface area contributed by atoms with Crippen LogP contribution in [-0.2, 0) is 6.42 Å². The second-order valence-corrected chi connectivity index (χ2v) is 7.37. The smallest absolute Gasteiger partial charge is 0.131 e. The summed E-state index contributed by atoms with van der Waals surface area (Å²) in [5, 5.41) is 3.25. The van der Waals surface area contributed by atoms with Crippen molar-refractivity contribution >= 4 is 23.2 Å². The van der Waals surface area contributed by atoms with Crippen LogP contribution < -0.4 is 5.32 Å². The molecular formula is C25H30N4. The van der Waals surface area contributed by atoms with E-state index in [0.29, 0.717) is 0 Å². The Labute approximate surface area is 174 Å². The van der Waals surface area contributed by atoms with Gasteiger partial charge in [0.2, 0.25) is 0 Å². The van der Waals surface area contributed by atoms with E-state index in [2.05, 4.69) is 53.9 Å². The van der Waals surface area contributed by atoms with Gasteiger partial charge in [-0.05, 0) is 55.9 Å². The lowest BCUT2D eigenvalue weighted by Crippen LogP contribution is -2.10. The Kier molecular flexibility index (Phi) is 6.76. The third kappa shape index (κ3) is 4.70. The number of aliphatic imine (C=N–C) groups is 2. The zero-order valence-corrected chi connectivity index (χ0v) is 17.9. The summed E-state index contributed by atoms with van der Waals surface area (Å²) in [4.78, 5) is 13.8. The molecule has 0 bridgehead atoms. The summed E-state index contributed by atoms with van der Waals surface area (Å²) in [7, 11) is 1.94. The molecule has 3 rings (SSSR count). The molecule has 4 heteroatoms. The summed E-state index contributed by atoms with van der Waals surface area (Å²) in [6.07, 6.45) is 16.0. The summed E-state index contributed by atoms with van der Waals surface area (Å²) in [6, 6.07) is 2.25. The van der Waals surface area contributed by atoms with Crippen LogP contribution >= 0.6 is 0 Å². The first kappa shape index (κ1) is 20.7. The van der Waals surface area contributed by atoms with Crippen LogP contribution in [0, 0.1) is 0 Å². The normalized spacial score (nSPS) is 18.3. The fourth-order valence-electron chi connectivity index (χ4n) is 3.67. The molecule has 1 aromatic rings. The van der Waals surface area contributed by atoms with Gasteiger partial charge in [-0.3, -0.25) is 4.98 Å². The highest BCUT2D eigenvalue weighted by atomic mass is 14.9. The van der Waals surface area contributed by atoms with Gasteiger partial charge in [0.15, 0.2) is 0 Å². The Morgan fingerprint density at radius 3 is 2.79 bits per heavy atom. The number of pyridine rings is 1. The lowest BCUT2D eigenvalue weighted by Gasteiger charge is -2.21. The predicted molar refractivity (Wildman–Crippen MR) is 125 cm³/mol. The van der Waals surface area contributed by atoms with E-state index in [1.165, 1.54) is 11.1 Å². The van der Waals surface area contributed by atoms with Crippen LogP contribution in [0.3, 0.4) is 0 Å². The molecule has 0 atom stereocenters. The number of nitrogens with one attached hydrogen (secondary N) is 1. The van der Waals surface area contributed by atoms with Crippen molar-refractivity contribution in [3.63, 3.8) is 0 Å². The predicted octanol–water partition coefficient (Wildman–Crippen LogP) is 5.66. The summed E-state index contributed by atoms with van der Waals surface area (Å²) in [6.45, 7) is 10.4. The standard InChI is InChI=1S/C25H30N4/c1-6-7-13-27-24-12-11-19(15-29-24)21-9-8-10-23-22(21)14-20(16-28-23)25(17(2)3)18(4)26-5/h7,9,11,13-16,26H,2,6,8,10,12H2,1,3-5H3/b13-7-,25-18+,27-24?. The van der Waals surface area contributed by atoms with E-state index in [-0.39, 0.29) is 0 Å². The molecule has 2 heterocycles. The molecule has 150 valence electrons. The molecule has 4 nitrogen and oxygen atoms in total. The monoisotopic (exact) mass is 386 g/mol. The Morgan fingerprint density at radius 2 is 2.14 bits per heavy atom. The summed E-state index contributed by atoms with van der Waals surface area (Å²) < 4.78 is 0. The zero-order chi connectivity index (χ0) is 20.8. The number of hydrogen-bond donors (Lipinski definition) is 1. The molecule has 0 radical (unpaired) electrons. The third-order valence-electron chi connectivity index (χ3n) is 5.19. The van der Waals surface area contributed by atoms with E-state index < -0.39 is 0 Å². The van der Waals surface area contributed by atoms with Crippen LogP contribution in [0.25, 0.3) is 11.1 Å². The molecule has 0 aromatic carbocycles. The number of amidine groups is 1. The molecule has 0 unspecified atom stereocenters. The Hall–Kier alpha value is -3.01. The van der Waals surface area contributed by atoms with Gasteiger partial charge in [-0.15, -0.1) is 0 Å². The molecule has 0 amide bonds. The van der Waals surface area contributed by atoms with Gasteiger partial charge in [0.25, 0.3) is 0 Å². The minimum atomic E-state index is 0.745. The van der Waals surface area contributed by atoms with Gasteiger partial charge in [0.1, 0.15) is 5.84 Å². The summed E-state index contributed by atoms with van der Waals surface area (Å²) in [5.74, 6) is 0.846. The summed E-state index contributed by atoms with van der Waals surface area (Å²) >= 11 is 0. The number of allylic oxidation sites excluding steroid dienone is 7. The minimum absolute atomic E-state index is 0.745. The molecular weight excluding hydrogens is 356 g/mol. The first-order valence-electron chi connectivity index (χ1n) is 10.3. The van der Waals surface area contributed by atoms with E-state index in [4.69, 9.17) is 4.98 Å². The van der Waals surface area contributed by atoms with Gasteiger partial charge in [-0.2, -0.15) is 0 Å². The number of hydrogen-bond acceptors (Lipinski definition) is 3. The minimum Gasteiger partial charge on any atom is -0.391 e. The van der Waals surface area contributed by atoms with Gasteiger partial charge in [-0.1, -0.05) is 31.7 Å². The van der Waals surface area contributed by atoms with Gasteiger partial charge < -0.3 is 5.32 Å². The average Bonchev–Trinajstić information content (AvgIpc) is 2.74. The number of dihydropyridines is 1. The lowest BCUT2D eigenvalue weighted by molar-refractivity contribution is 0.918. The topological polar surface area (TPSA) is 49.6 Å². The van der Waals surface area contributed by atoms with Crippen LogP contribution in [0.4, 0.5) is 0 Å². The second kappa shape index (κ2) is 9.46.